The predicted octanol–water partition coefficient (Wildman–Crippen LogP) is 4.34. The van der Waals surface area contributed by atoms with Crippen molar-refractivity contribution in [2.24, 2.45) is 0 Å². The van der Waals surface area contributed by atoms with E-state index < -0.39 is 0 Å². The first-order valence-corrected chi connectivity index (χ1v) is 9.57. The summed E-state index contributed by atoms with van der Waals surface area (Å²) in [4.78, 5) is 0. The van der Waals surface area contributed by atoms with Gasteiger partial charge in [-0.05, 0) is 56.0 Å². The zero-order valence-corrected chi connectivity index (χ0v) is 16.3. The van der Waals surface area contributed by atoms with Gasteiger partial charge >= 0.3 is 0 Å². The molecule has 0 radical (unpaired) electrons. The van der Waals surface area contributed by atoms with Crippen molar-refractivity contribution in [3.8, 4) is 5.75 Å². The van der Waals surface area contributed by atoms with Crippen LogP contribution in [0.2, 0.25) is 0 Å². The quantitative estimate of drug-likeness (QED) is 0.680. The molecule has 0 atom stereocenters. The third kappa shape index (κ3) is 3.76. The zero-order chi connectivity index (χ0) is 18.9. The smallest absolute Gasteiger partial charge is 0.123 e. The fraction of sp³-hybridized carbons (Fsp3) is 0.348. The second kappa shape index (κ2) is 7.20. The van der Waals surface area contributed by atoms with Crippen molar-refractivity contribution in [2.45, 2.75) is 45.3 Å². The molecule has 1 N–H and O–H groups in total. The lowest BCUT2D eigenvalue weighted by Gasteiger charge is -2.19. The zero-order valence-electron chi connectivity index (χ0n) is 16.3. The van der Waals surface area contributed by atoms with Gasteiger partial charge < -0.3 is 10.1 Å². The number of nitrogens with one attached hydrogen (secondary N) is 1. The Hall–Kier alpha value is -2.59. The number of hydrogen-bond acceptors (Lipinski definition) is 3. The highest BCUT2D eigenvalue weighted by Gasteiger charge is 2.43. The number of nitrogens with zero attached hydrogens (tertiary/aromatic N) is 2. The summed E-state index contributed by atoms with van der Waals surface area (Å²) >= 11 is 0. The summed E-state index contributed by atoms with van der Waals surface area (Å²) in [5, 5.41) is 8.37. The molecule has 1 aromatic heterocycles. The molecule has 0 amide bonds. The molecule has 140 valence electrons. The van der Waals surface area contributed by atoms with Gasteiger partial charge in [0.15, 0.2) is 0 Å². The fourth-order valence-corrected chi connectivity index (χ4v) is 3.78. The van der Waals surface area contributed by atoms with Crippen molar-refractivity contribution in [3.63, 3.8) is 0 Å². The third-order valence-corrected chi connectivity index (χ3v) is 5.48. The summed E-state index contributed by atoms with van der Waals surface area (Å²) in [6.07, 6.45) is 2.40. The number of aryl methyl sites for hydroxylation is 2. The van der Waals surface area contributed by atoms with Gasteiger partial charge in [0.25, 0.3) is 0 Å². The maximum atomic E-state index is 5.58. The van der Waals surface area contributed by atoms with E-state index in [9.17, 15) is 0 Å². The van der Waals surface area contributed by atoms with Crippen LogP contribution >= 0.6 is 0 Å². The van der Waals surface area contributed by atoms with Crippen molar-refractivity contribution in [2.75, 3.05) is 7.11 Å². The molecular weight excluding hydrogens is 334 g/mol. The normalized spacial score (nSPS) is 14.9. The molecule has 2 aromatic carbocycles. The molecular formula is C23H27N3O. The summed E-state index contributed by atoms with van der Waals surface area (Å²) in [6, 6.07) is 19.3. The van der Waals surface area contributed by atoms with Crippen LogP contribution in [0.25, 0.3) is 0 Å². The van der Waals surface area contributed by atoms with Crippen molar-refractivity contribution in [1.82, 2.24) is 15.1 Å². The minimum atomic E-state index is 0.150. The molecule has 0 aliphatic heterocycles. The van der Waals surface area contributed by atoms with Gasteiger partial charge in [-0.25, -0.2) is 0 Å². The van der Waals surface area contributed by atoms with Crippen molar-refractivity contribution in [1.29, 1.82) is 0 Å². The SMILES string of the molecule is COc1ccc(CNC2(c3ccccc3)CC2)cc1Cn1nc(C)cc1C. The van der Waals surface area contributed by atoms with E-state index >= 15 is 0 Å². The Bertz CT molecular complexity index is 926. The van der Waals surface area contributed by atoms with Crippen LogP contribution in [0.1, 0.15) is 40.9 Å². The van der Waals surface area contributed by atoms with Crippen LogP contribution in [0.15, 0.2) is 54.6 Å². The van der Waals surface area contributed by atoms with Gasteiger partial charge in [-0.15, -0.1) is 0 Å². The van der Waals surface area contributed by atoms with Gasteiger partial charge in [0.1, 0.15) is 5.75 Å². The van der Waals surface area contributed by atoms with Crippen molar-refractivity contribution >= 4 is 0 Å². The summed E-state index contributed by atoms with van der Waals surface area (Å²) in [7, 11) is 1.73. The van der Waals surface area contributed by atoms with Gasteiger partial charge in [-0.3, -0.25) is 4.68 Å². The molecule has 3 aromatic rings. The number of methoxy groups -OCH3 is 1. The molecule has 4 rings (SSSR count). The first-order valence-electron chi connectivity index (χ1n) is 9.57. The molecule has 27 heavy (non-hydrogen) atoms. The van der Waals surface area contributed by atoms with Crippen LogP contribution in [-0.4, -0.2) is 16.9 Å². The lowest BCUT2D eigenvalue weighted by atomic mass is 10.0. The molecule has 1 fully saturated rings. The fourth-order valence-electron chi connectivity index (χ4n) is 3.78. The summed E-state index contributed by atoms with van der Waals surface area (Å²) < 4.78 is 7.62. The number of rotatable bonds is 7. The largest absolute Gasteiger partial charge is 0.496 e. The van der Waals surface area contributed by atoms with E-state index in [1.807, 2.05) is 11.6 Å². The highest BCUT2D eigenvalue weighted by Crippen LogP contribution is 2.45. The molecule has 0 spiro atoms. The van der Waals surface area contributed by atoms with Crippen LogP contribution in [0, 0.1) is 13.8 Å². The van der Waals surface area contributed by atoms with E-state index in [0.717, 1.165) is 30.1 Å². The van der Waals surface area contributed by atoms with Gasteiger partial charge in [0, 0.05) is 23.3 Å². The summed E-state index contributed by atoms with van der Waals surface area (Å²) in [5.74, 6) is 0.912. The van der Waals surface area contributed by atoms with Crippen LogP contribution in [-0.2, 0) is 18.6 Å². The molecule has 0 saturated heterocycles. The lowest BCUT2D eigenvalue weighted by Crippen LogP contribution is -2.28. The third-order valence-electron chi connectivity index (χ3n) is 5.48. The van der Waals surface area contributed by atoms with Crippen molar-refractivity contribution in [3.05, 3.63) is 82.7 Å². The molecule has 4 heteroatoms. The lowest BCUT2D eigenvalue weighted by molar-refractivity contribution is 0.406. The van der Waals surface area contributed by atoms with Gasteiger partial charge in [0.05, 0.1) is 19.3 Å². The minimum absolute atomic E-state index is 0.150. The molecule has 1 saturated carbocycles. The highest BCUT2D eigenvalue weighted by molar-refractivity contribution is 5.38. The standard InChI is InChI=1S/C23H27N3O/c1-17-13-18(2)26(25-17)16-20-14-19(9-10-22(20)27-3)15-24-23(11-12-23)21-7-5-4-6-8-21/h4-10,13-14,24H,11-12,15-16H2,1-3H3. The van der Waals surface area contributed by atoms with E-state index in [2.05, 4.69) is 71.9 Å². The van der Waals surface area contributed by atoms with Crippen LogP contribution < -0.4 is 10.1 Å². The maximum Gasteiger partial charge on any atom is 0.123 e. The van der Waals surface area contributed by atoms with E-state index in [1.165, 1.54) is 29.7 Å². The minimum Gasteiger partial charge on any atom is -0.496 e. The Morgan fingerprint density at radius 2 is 1.85 bits per heavy atom. The Kier molecular flexibility index (Phi) is 4.75. The second-order valence-corrected chi connectivity index (χ2v) is 7.53. The molecule has 1 aliphatic rings. The van der Waals surface area contributed by atoms with Gasteiger partial charge in [0.2, 0.25) is 0 Å². The average molecular weight is 361 g/mol. The van der Waals surface area contributed by atoms with Gasteiger partial charge in [-0.2, -0.15) is 5.10 Å². The van der Waals surface area contributed by atoms with E-state index in [1.54, 1.807) is 7.11 Å². The highest BCUT2D eigenvalue weighted by atomic mass is 16.5. The molecule has 0 bridgehead atoms. The molecule has 1 aliphatic carbocycles. The Morgan fingerprint density at radius 3 is 2.48 bits per heavy atom. The molecule has 0 unspecified atom stereocenters. The summed E-state index contributed by atoms with van der Waals surface area (Å²) in [5.41, 5.74) is 6.18. The Labute approximate surface area is 161 Å². The summed E-state index contributed by atoms with van der Waals surface area (Å²) in [6.45, 7) is 5.69. The first kappa shape index (κ1) is 17.8. The number of hydrogen-bond donors (Lipinski definition) is 1. The maximum absolute atomic E-state index is 5.58. The first-order chi connectivity index (χ1) is 13.1. The van der Waals surface area contributed by atoms with E-state index in [4.69, 9.17) is 4.74 Å². The number of benzene rings is 2. The van der Waals surface area contributed by atoms with E-state index in [-0.39, 0.29) is 5.54 Å². The van der Waals surface area contributed by atoms with Crippen LogP contribution in [0.3, 0.4) is 0 Å². The van der Waals surface area contributed by atoms with Crippen molar-refractivity contribution < 1.29 is 4.74 Å². The Morgan fingerprint density at radius 1 is 1.07 bits per heavy atom. The Balaban J connectivity index is 1.51. The van der Waals surface area contributed by atoms with E-state index in [0.29, 0.717) is 0 Å². The van der Waals surface area contributed by atoms with Crippen LogP contribution in [0.4, 0.5) is 0 Å². The topological polar surface area (TPSA) is 39.1 Å². The van der Waals surface area contributed by atoms with Gasteiger partial charge in [-0.1, -0.05) is 36.4 Å². The second-order valence-electron chi connectivity index (χ2n) is 7.53. The monoisotopic (exact) mass is 361 g/mol. The average Bonchev–Trinajstić information content (AvgIpc) is 3.41. The van der Waals surface area contributed by atoms with Crippen LogP contribution in [0.5, 0.6) is 5.75 Å². The molecule has 1 heterocycles. The number of aromatic nitrogens is 2. The molecule has 4 nitrogen and oxygen atoms in total. The number of ether oxygens (including phenoxy) is 1. The predicted molar refractivity (Wildman–Crippen MR) is 108 cm³/mol.